The SMILES string of the molecule is FC(F)(F)c1ccc(B2Nc3c(-c4cccs4)ccc(-c4cccs4)c3N2)cc1. The molecule has 2 nitrogen and oxygen atoms in total. The van der Waals surface area contributed by atoms with Crippen LogP contribution in [-0.2, 0) is 6.18 Å². The highest BCUT2D eigenvalue weighted by Crippen LogP contribution is 2.46. The van der Waals surface area contributed by atoms with Gasteiger partial charge in [0.15, 0.2) is 0 Å². The predicted molar refractivity (Wildman–Crippen MR) is 117 cm³/mol. The van der Waals surface area contributed by atoms with E-state index in [9.17, 15) is 13.2 Å². The minimum absolute atomic E-state index is 0.299. The van der Waals surface area contributed by atoms with E-state index >= 15 is 0 Å². The summed E-state index contributed by atoms with van der Waals surface area (Å²) in [6.45, 7) is -0.299. The molecule has 5 rings (SSSR count). The fraction of sp³-hybridized carbons (Fsp3) is 0.0476. The van der Waals surface area contributed by atoms with Crippen LogP contribution < -0.4 is 15.9 Å². The summed E-state index contributed by atoms with van der Waals surface area (Å²) in [6, 6.07) is 17.7. The number of thiophene rings is 2. The Kier molecular flexibility index (Phi) is 4.40. The van der Waals surface area contributed by atoms with E-state index in [1.165, 1.54) is 12.1 Å². The second-order valence-electron chi connectivity index (χ2n) is 6.71. The molecule has 29 heavy (non-hydrogen) atoms. The molecule has 0 amide bonds. The second kappa shape index (κ2) is 6.97. The van der Waals surface area contributed by atoms with Crippen LogP contribution in [0.5, 0.6) is 0 Å². The van der Waals surface area contributed by atoms with Crippen LogP contribution in [0.25, 0.3) is 20.9 Å². The summed E-state index contributed by atoms with van der Waals surface area (Å²) in [5, 5.41) is 11.0. The van der Waals surface area contributed by atoms with Crippen LogP contribution in [0.2, 0.25) is 0 Å². The van der Waals surface area contributed by atoms with Crippen LogP contribution in [-0.4, -0.2) is 6.98 Å². The van der Waals surface area contributed by atoms with Gasteiger partial charge in [0.2, 0.25) is 0 Å². The molecule has 144 valence electrons. The topological polar surface area (TPSA) is 24.1 Å². The third kappa shape index (κ3) is 3.32. The van der Waals surface area contributed by atoms with E-state index in [2.05, 4.69) is 34.7 Å². The Hall–Kier alpha value is -2.71. The highest BCUT2D eigenvalue weighted by Gasteiger charge is 2.34. The van der Waals surface area contributed by atoms with Gasteiger partial charge in [-0.05, 0) is 28.4 Å². The lowest BCUT2D eigenvalue weighted by atomic mass is 9.69. The van der Waals surface area contributed by atoms with Gasteiger partial charge in [-0.3, -0.25) is 0 Å². The van der Waals surface area contributed by atoms with E-state index in [-0.39, 0.29) is 6.98 Å². The summed E-state index contributed by atoms with van der Waals surface area (Å²) in [5.74, 6) is 0. The van der Waals surface area contributed by atoms with Crippen LogP contribution in [0.4, 0.5) is 24.5 Å². The standard InChI is InChI=1S/C21H14BF3N2S2/c23-21(24,25)13-5-7-14(8-6-13)22-26-19-15(17-3-1-11-28-17)9-10-16(20(19)27-22)18-4-2-12-29-18/h1-12,26-27H. The summed E-state index contributed by atoms with van der Waals surface area (Å²) in [6.07, 6.45) is -4.34. The molecule has 0 aliphatic carbocycles. The first-order valence-electron chi connectivity index (χ1n) is 8.96. The van der Waals surface area contributed by atoms with Crippen LogP contribution in [0.3, 0.4) is 0 Å². The Morgan fingerprint density at radius 1 is 0.690 bits per heavy atom. The first kappa shape index (κ1) is 18.3. The van der Waals surface area contributed by atoms with Crippen molar-refractivity contribution in [2.45, 2.75) is 6.18 Å². The van der Waals surface area contributed by atoms with E-state index in [1.54, 1.807) is 22.7 Å². The largest absolute Gasteiger partial charge is 0.416 e. The fourth-order valence-electron chi connectivity index (χ4n) is 3.53. The molecule has 0 fully saturated rings. The molecule has 0 saturated heterocycles. The predicted octanol–water partition coefficient (Wildman–Crippen LogP) is 6.40. The smallest absolute Gasteiger partial charge is 0.403 e. The third-order valence-corrected chi connectivity index (χ3v) is 6.73. The molecule has 0 spiro atoms. The molecule has 0 atom stereocenters. The minimum atomic E-state index is -4.34. The molecule has 0 unspecified atom stereocenters. The van der Waals surface area contributed by atoms with Crippen molar-refractivity contribution >= 4 is 46.5 Å². The van der Waals surface area contributed by atoms with Gasteiger partial charge in [-0.2, -0.15) is 13.2 Å². The Bertz CT molecular complexity index is 1070. The number of hydrogen-bond acceptors (Lipinski definition) is 4. The molecule has 2 N–H and O–H groups in total. The van der Waals surface area contributed by atoms with Gasteiger partial charge in [0.05, 0.1) is 16.9 Å². The van der Waals surface area contributed by atoms with Crippen molar-refractivity contribution in [2.24, 2.45) is 0 Å². The van der Waals surface area contributed by atoms with Crippen molar-refractivity contribution in [1.29, 1.82) is 0 Å². The fourth-order valence-corrected chi connectivity index (χ4v) is 5.05. The average Bonchev–Trinajstić information content (AvgIpc) is 3.48. The summed E-state index contributed by atoms with van der Waals surface area (Å²) in [7, 11) is 0. The van der Waals surface area contributed by atoms with Gasteiger partial charge in [-0.25, -0.2) is 0 Å². The molecule has 1 aliphatic heterocycles. The third-order valence-electron chi connectivity index (χ3n) is 4.93. The maximum Gasteiger partial charge on any atom is 0.416 e. The Morgan fingerprint density at radius 3 is 1.62 bits per heavy atom. The number of hydrogen-bond donors (Lipinski definition) is 2. The summed E-state index contributed by atoms with van der Waals surface area (Å²) in [5.41, 5.74) is 4.22. The molecule has 2 aromatic carbocycles. The lowest BCUT2D eigenvalue weighted by Gasteiger charge is -2.11. The number of alkyl halides is 3. The van der Waals surface area contributed by atoms with E-state index < -0.39 is 11.7 Å². The minimum Gasteiger partial charge on any atom is -0.403 e. The van der Waals surface area contributed by atoms with Gasteiger partial charge in [0.1, 0.15) is 0 Å². The molecule has 0 bridgehead atoms. The molecule has 3 heterocycles. The molecule has 0 saturated carbocycles. The van der Waals surface area contributed by atoms with Crippen molar-refractivity contribution in [2.75, 3.05) is 10.5 Å². The molecule has 4 aromatic rings. The van der Waals surface area contributed by atoms with E-state index in [1.807, 2.05) is 22.9 Å². The molecular weight excluding hydrogens is 412 g/mol. The van der Waals surface area contributed by atoms with Gasteiger partial charge in [0.25, 0.3) is 0 Å². The highest BCUT2D eigenvalue weighted by molar-refractivity contribution is 7.14. The zero-order valence-electron chi connectivity index (χ0n) is 15.0. The molecule has 8 heteroatoms. The molecule has 0 radical (unpaired) electrons. The number of anilines is 2. The van der Waals surface area contributed by atoms with Gasteiger partial charge in [0, 0.05) is 20.9 Å². The second-order valence-corrected chi connectivity index (χ2v) is 8.60. The van der Waals surface area contributed by atoms with Crippen LogP contribution >= 0.6 is 22.7 Å². The molecule has 1 aliphatic rings. The Labute approximate surface area is 174 Å². The Morgan fingerprint density at radius 2 is 1.21 bits per heavy atom. The molecule has 2 aromatic heterocycles. The molecular formula is C21H14BF3N2S2. The maximum atomic E-state index is 12.9. The van der Waals surface area contributed by atoms with Crippen molar-refractivity contribution in [1.82, 2.24) is 0 Å². The Balaban J connectivity index is 1.56. The quantitative estimate of drug-likeness (QED) is 0.371. The van der Waals surface area contributed by atoms with Crippen LogP contribution in [0.1, 0.15) is 5.56 Å². The van der Waals surface area contributed by atoms with Crippen molar-refractivity contribution in [3.63, 3.8) is 0 Å². The monoisotopic (exact) mass is 426 g/mol. The first-order chi connectivity index (χ1) is 14.0. The van der Waals surface area contributed by atoms with Gasteiger partial charge < -0.3 is 10.5 Å². The van der Waals surface area contributed by atoms with Crippen LogP contribution in [0, 0.1) is 0 Å². The van der Waals surface area contributed by atoms with Gasteiger partial charge in [-0.1, -0.05) is 48.5 Å². The average molecular weight is 426 g/mol. The summed E-state index contributed by atoms with van der Waals surface area (Å²) in [4.78, 5) is 2.28. The number of rotatable bonds is 3. The maximum absolute atomic E-state index is 12.9. The lowest BCUT2D eigenvalue weighted by Crippen LogP contribution is -2.42. The van der Waals surface area contributed by atoms with Crippen LogP contribution in [0.15, 0.2) is 71.4 Å². The van der Waals surface area contributed by atoms with E-state index in [0.717, 1.165) is 49.9 Å². The van der Waals surface area contributed by atoms with Crippen molar-refractivity contribution in [3.8, 4) is 20.9 Å². The van der Waals surface area contributed by atoms with Crippen molar-refractivity contribution in [3.05, 3.63) is 77.0 Å². The first-order valence-corrected chi connectivity index (χ1v) is 10.7. The highest BCUT2D eigenvalue weighted by atomic mass is 32.1. The van der Waals surface area contributed by atoms with Gasteiger partial charge >= 0.3 is 13.2 Å². The van der Waals surface area contributed by atoms with Crippen molar-refractivity contribution < 1.29 is 13.2 Å². The summed E-state index contributed by atoms with van der Waals surface area (Å²) >= 11 is 3.31. The zero-order chi connectivity index (χ0) is 20.0. The number of nitrogens with one attached hydrogen (secondary N) is 2. The summed E-state index contributed by atoms with van der Waals surface area (Å²) < 4.78 is 38.7. The number of fused-ring (bicyclic) bond motifs is 1. The zero-order valence-corrected chi connectivity index (χ0v) is 16.6. The number of benzene rings is 2. The normalized spacial score (nSPS) is 13.1. The van der Waals surface area contributed by atoms with E-state index in [4.69, 9.17) is 0 Å². The lowest BCUT2D eigenvalue weighted by molar-refractivity contribution is -0.137. The van der Waals surface area contributed by atoms with E-state index in [0.29, 0.717) is 0 Å². The van der Waals surface area contributed by atoms with Gasteiger partial charge in [-0.15, -0.1) is 22.7 Å². The number of halogens is 3.